The van der Waals surface area contributed by atoms with Crippen LogP contribution in [-0.4, -0.2) is 43.6 Å². The van der Waals surface area contributed by atoms with Crippen LogP contribution in [0.15, 0.2) is 71.8 Å². The third-order valence-corrected chi connectivity index (χ3v) is 6.19. The van der Waals surface area contributed by atoms with Crippen molar-refractivity contribution in [2.75, 3.05) is 13.1 Å². The van der Waals surface area contributed by atoms with E-state index in [-0.39, 0.29) is 17.6 Å². The van der Waals surface area contributed by atoms with E-state index in [1.54, 1.807) is 24.7 Å². The second-order valence-electron chi connectivity index (χ2n) is 8.87. The van der Waals surface area contributed by atoms with Gasteiger partial charge < -0.3 is 14.4 Å². The molecule has 1 fully saturated rings. The highest BCUT2D eigenvalue weighted by Crippen LogP contribution is 2.21. The number of amides is 1. The number of hydrogen-bond acceptors (Lipinski definition) is 6. The Morgan fingerprint density at radius 1 is 1.14 bits per heavy atom. The molecule has 9 heteroatoms. The molecule has 1 atom stereocenters. The molecule has 2 aromatic carbocycles. The second-order valence-corrected chi connectivity index (χ2v) is 8.87. The van der Waals surface area contributed by atoms with Gasteiger partial charge in [-0.3, -0.25) is 9.69 Å². The lowest BCUT2D eigenvalue weighted by atomic mass is 9.97. The number of imidazole rings is 1. The largest absolute Gasteiger partial charge is 0.352 e. The van der Waals surface area contributed by atoms with Gasteiger partial charge in [-0.15, -0.1) is 0 Å². The number of hydrogen-bond donors (Lipinski definition) is 1. The fourth-order valence-corrected chi connectivity index (χ4v) is 4.40. The predicted octanol–water partition coefficient (Wildman–Crippen LogP) is 3.65. The van der Waals surface area contributed by atoms with E-state index in [9.17, 15) is 9.18 Å². The number of carbonyl (C=O) groups is 1. The molecule has 0 bridgehead atoms. The molecule has 8 nitrogen and oxygen atoms in total. The van der Waals surface area contributed by atoms with Gasteiger partial charge in [0.25, 0.3) is 0 Å². The van der Waals surface area contributed by atoms with Crippen molar-refractivity contribution in [3.63, 3.8) is 0 Å². The van der Waals surface area contributed by atoms with Gasteiger partial charge in [0.1, 0.15) is 5.82 Å². The van der Waals surface area contributed by atoms with E-state index < -0.39 is 0 Å². The van der Waals surface area contributed by atoms with Gasteiger partial charge in [0.15, 0.2) is 0 Å². The molecule has 0 radical (unpaired) electrons. The fraction of sp³-hybridized carbons (Fsp3) is 0.308. The van der Waals surface area contributed by atoms with Crippen LogP contribution in [0.25, 0.3) is 11.4 Å². The zero-order valence-electron chi connectivity index (χ0n) is 19.3. The maximum atomic E-state index is 13.2. The summed E-state index contributed by atoms with van der Waals surface area (Å²) in [7, 11) is 0. The molecule has 0 spiro atoms. The van der Waals surface area contributed by atoms with Crippen LogP contribution in [0.1, 0.15) is 29.9 Å². The van der Waals surface area contributed by atoms with Crippen molar-refractivity contribution in [1.29, 1.82) is 0 Å². The second kappa shape index (κ2) is 10.6. The molecule has 180 valence electrons. The zero-order valence-corrected chi connectivity index (χ0v) is 19.3. The Morgan fingerprint density at radius 3 is 2.83 bits per heavy atom. The molecule has 2 aromatic heterocycles. The smallest absolute Gasteiger partial charge is 0.241 e. The van der Waals surface area contributed by atoms with Gasteiger partial charge in [-0.2, -0.15) is 4.98 Å². The first kappa shape index (κ1) is 22.9. The molecule has 5 rings (SSSR count). The molecule has 1 unspecified atom stereocenters. The lowest BCUT2D eigenvalue weighted by Crippen LogP contribution is -2.42. The Bertz CT molecular complexity index is 1260. The number of piperidine rings is 1. The number of nitrogens with zero attached hydrogens (tertiary/aromatic N) is 5. The van der Waals surface area contributed by atoms with Crippen LogP contribution >= 0.6 is 0 Å². The molecule has 1 saturated heterocycles. The maximum absolute atomic E-state index is 13.2. The molecule has 1 aliphatic heterocycles. The normalized spacial score (nSPS) is 16.3. The first-order valence-electron chi connectivity index (χ1n) is 11.7. The highest BCUT2D eigenvalue weighted by molar-refractivity contribution is 5.79. The van der Waals surface area contributed by atoms with Crippen LogP contribution in [0.3, 0.4) is 0 Å². The summed E-state index contributed by atoms with van der Waals surface area (Å²) in [6.07, 6.45) is 7.27. The van der Waals surface area contributed by atoms with Crippen molar-refractivity contribution < 1.29 is 13.7 Å². The maximum Gasteiger partial charge on any atom is 0.241 e. The van der Waals surface area contributed by atoms with Crippen molar-refractivity contribution in [2.24, 2.45) is 5.92 Å². The van der Waals surface area contributed by atoms with E-state index in [1.807, 2.05) is 22.9 Å². The lowest BCUT2D eigenvalue weighted by Gasteiger charge is -2.30. The Balaban J connectivity index is 1.13. The number of carbonyl (C=O) groups excluding carboxylic acids is 1. The summed E-state index contributed by atoms with van der Waals surface area (Å²) in [5.41, 5.74) is 2.94. The van der Waals surface area contributed by atoms with Crippen molar-refractivity contribution in [2.45, 2.75) is 32.5 Å². The van der Waals surface area contributed by atoms with Crippen LogP contribution < -0.4 is 5.32 Å². The average Bonchev–Trinajstić information content (AvgIpc) is 3.56. The van der Waals surface area contributed by atoms with Gasteiger partial charge in [0.05, 0.1) is 18.8 Å². The van der Waals surface area contributed by atoms with Crippen LogP contribution in [0.5, 0.6) is 0 Å². The summed E-state index contributed by atoms with van der Waals surface area (Å²) >= 11 is 0. The molecule has 0 aliphatic carbocycles. The van der Waals surface area contributed by atoms with Gasteiger partial charge in [0.2, 0.25) is 17.6 Å². The summed E-state index contributed by atoms with van der Waals surface area (Å²) < 4.78 is 20.6. The Kier molecular flexibility index (Phi) is 6.94. The molecule has 0 saturated carbocycles. The minimum Gasteiger partial charge on any atom is -0.352 e. The van der Waals surface area contributed by atoms with Crippen LogP contribution in [0, 0.1) is 11.7 Å². The Labute approximate surface area is 202 Å². The van der Waals surface area contributed by atoms with E-state index >= 15 is 0 Å². The highest BCUT2D eigenvalue weighted by atomic mass is 19.1. The standard InChI is InChI=1S/C26H27FN6O2/c27-23-8-6-21(7-9-23)25-30-24(35-31-25)17-32-11-2-5-22(16-32)26(34)29-14-19-3-1-4-20(13-19)15-33-12-10-28-18-33/h1,3-4,6-10,12-13,18,22H,2,5,11,14-17H2,(H,29,34). The third-order valence-electron chi connectivity index (χ3n) is 6.19. The Morgan fingerprint density at radius 2 is 2.00 bits per heavy atom. The molecular formula is C26H27FN6O2. The van der Waals surface area contributed by atoms with E-state index in [1.165, 1.54) is 12.1 Å². The molecule has 4 aromatic rings. The molecule has 1 N–H and O–H groups in total. The molecule has 3 heterocycles. The molecule has 1 aliphatic rings. The first-order valence-corrected chi connectivity index (χ1v) is 11.7. The van der Waals surface area contributed by atoms with Gasteiger partial charge in [-0.1, -0.05) is 29.4 Å². The summed E-state index contributed by atoms with van der Waals surface area (Å²) in [6.45, 7) is 3.24. The summed E-state index contributed by atoms with van der Waals surface area (Å²) in [4.78, 5) is 23.6. The van der Waals surface area contributed by atoms with Crippen molar-refractivity contribution >= 4 is 5.91 Å². The first-order chi connectivity index (χ1) is 17.1. The Hall–Kier alpha value is -3.85. The molecule has 1 amide bonds. The SMILES string of the molecule is O=C(NCc1cccc(Cn2ccnc2)c1)C1CCCN(Cc2nc(-c3ccc(F)cc3)no2)C1. The van der Waals surface area contributed by atoms with Gasteiger partial charge >= 0.3 is 0 Å². The van der Waals surface area contributed by atoms with E-state index in [4.69, 9.17) is 4.52 Å². The van der Waals surface area contributed by atoms with Crippen molar-refractivity contribution in [3.8, 4) is 11.4 Å². The quantitative estimate of drug-likeness (QED) is 0.419. The van der Waals surface area contributed by atoms with Crippen molar-refractivity contribution in [1.82, 2.24) is 29.9 Å². The molecule has 35 heavy (non-hydrogen) atoms. The van der Waals surface area contributed by atoms with E-state index in [0.29, 0.717) is 36.9 Å². The third kappa shape index (κ3) is 5.99. The predicted molar refractivity (Wildman–Crippen MR) is 127 cm³/mol. The van der Waals surface area contributed by atoms with Crippen molar-refractivity contribution in [3.05, 3.63) is 90.1 Å². The van der Waals surface area contributed by atoms with E-state index in [2.05, 4.69) is 37.5 Å². The summed E-state index contributed by atoms with van der Waals surface area (Å²) in [5.74, 6) is 0.587. The number of aromatic nitrogens is 4. The van der Waals surface area contributed by atoms with Crippen LogP contribution in [-0.2, 0) is 24.4 Å². The van der Waals surface area contributed by atoms with Crippen LogP contribution in [0.4, 0.5) is 4.39 Å². The molecular weight excluding hydrogens is 447 g/mol. The summed E-state index contributed by atoms with van der Waals surface area (Å²) in [5, 5.41) is 7.11. The number of halogens is 1. The number of rotatable bonds is 8. The zero-order chi connectivity index (χ0) is 24.0. The van der Waals surface area contributed by atoms with Crippen LogP contribution in [0.2, 0.25) is 0 Å². The minimum absolute atomic E-state index is 0.0623. The number of nitrogens with one attached hydrogen (secondary N) is 1. The number of benzene rings is 2. The summed E-state index contributed by atoms with van der Waals surface area (Å²) in [6, 6.07) is 14.2. The average molecular weight is 475 g/mol. The van der Waals surface area contributed by atoms with Gasteiger partial charge in [0, 0.05) is 37.6 Å². The monoisotopic (exact) mass is 474 g/mol. The topological polar surface area (TPSA) is 89.1 Å². The lowest BCUT2D eigenvalue weighted by molar-refractivity contribution is -0.127. The fourth-order valence-electron chi connectivity index (χ4n) is 4.40. The van der Waals surface area contributed by atoms with Gasteiger partial charge in [-0.25, -0.2) is 9.37 Å². The number of likely N-dealkylation sites (tertiary alicyclic amines) is 1. The van der Waals surface area contributed by atoms with Gasteiger partial charge in [-0.05, 0) is 54.8 Å². The minimum atomic E-state index is -0.308. The highest BCUT2D eigenvalue weighted by Gasteiger charge is 2.26. The van der Waals surface area contributed by atoms with E-state index in [0.717, 1.165) is 37.1 Å².